The predicted molar refractivity (Wildman–Crippen MR) is 129 cm³/mol. The van der Waals surface area contributed by atoms with Crippen LogP contribution in [0.5, 0.6) is 0 Å². The number of piperazine rings is 1. The van der Waals surface area contributed by atoms with Crippen LogP contribution in [0, 0.1) is 0 Å². The summed E-state index contributed by atoms with van der Waals surface area (Å²) in [7, 11) is 0. The Hall–Kier alpha value is -3.39. The molecular formula is C25H29N5O3. The van der Waals surface area contributed by atoms with E-state index in [2.05, 4.69) is 33.7 Å². The standard InChI is InChI=1S/C25H29N5O3/c1-3-32-23-22-21(28-25(29-23)30-13-11-26-12-14-30)19-10-9-18(15-20(19)27-22)16-5-7-17(8-6-16)24(31)33-4-2/h5-10,15,21-22,26-27H,3-4,11-14H2,1-2H3. The summed E-state index contributed by atoms with van der Waals surface area (Å²) in [4.78, 5) is 24.0. The first-order chi connectivity index (χ1) is 16.2. The second-order valence-corrected chi connectivity index (χ2v) is 8.22. The molecule has 0 bridgehead atoms. The van der Waals surface area contributed by atoms with Gasteiger partial charge in [-0.15, -0.1) is 0 Å². The summed E-state index contributed by atoms with van der Waals surface area (Å²) in [5.74, 6) is 1.15. The molecule has 2 aromatic rings. The third kappa shape index (κ3) is 4.18. The molecular weight excluding hydrogens is 418 g/mol. The minimum Gasteiger partial charge on any atom is -0.479 e. The molecule has 2 atom stereocenters. The van der Waals surface area contributed by atoms with Gasteiger partial charge in [-0.25, -0.2) is 9.79 Å². The largest absolute Gasteiger partial charge is 0.479 e. The molecule has 0 amide bonds. The van der Waals surface area contributed by atoms with Crippen molar-refractivity contribution >= 4 is 23.5 Å². The first-order valence-corrected chi connectivity index (χ1v) is 11.6. The maximum atomic E-state index is 11.9. The monoisotopic (exact) mass is 447 g/mol. The van der Waals surface area contributed by atoms with Crippen LogP contribution in [-0.2, 0) is 9.47 Å². The van der Waals surface area contributed by atoms with Crippen LogP contribution in [0.1, 0.15) is 35.8 Å². The van der Waals surface area contributed by atoms with Crippen LogP contribution in [-0.4, -0.2) is 68.2 Å². The van der Waals surface area contributed by atoms with E-state index in [4.69, 9.17) is 19.5 Å². The van der Waals surface area contributed by atoms with E-state index in [9.17, 15) is 4.79 Å². The number of ether oxygens (including phenoxy) is 2. The van der Waals surface area contributed by atoms with Crippen molar-refractivity contribution in [3.05, 3.63) is 53.6 Å². The zero-order chi connectivity index (χ0) is 22.8. The number of fused-ring (bicyclic) bond motifs is 3. The molecule has 1 fully saturated rings. The van der Waals surface area contributed by atoms with E-state index in [0.29, 0.717) is 24.7 Å². The van der Waals surface area contributed by atoms with Gasteiger partial charge in [-0.2, -0.15) is 4.99 Å². The quantitative estimate of drug-likeness (QED) is 0.701. The van der Waals surface area contributed by atoms with Crippen molar-refractivity contribution in [2.24, 2.45) is 9.98 Å². The van der Waals surface area contributed by atoms with E-state index in [-0.39, 0.29) is 18.1 Å². The Morgan fingerprint density at radius 1 is 1.06 bits per heavy atom. The number of hydrogen-bond acceptors (Lipinski definition) is 8. The molecule has 0 saturated carbocycles. The van der Waals surface area contributed by atoms with Gasteiger partial charge < -0.3 is 25.0 Å². The summed E-state index contributed by atoms with van der Waals surface area (Å²) >= 11 is 0. The number of nitrogens with zero attached hydrogens (tertiary/aromatic N) is 3. The molecule has 2 aromatic carbocycles. The summed E-state index contributed by atoms with van der Waals surface area (Å²) in [6.07, 6.45) is 0. The number of nitrogens with one attached hydrogen (secondary N) is 2. The van der Waals surface area contributed by atoms with E-state index < -0.39 is 0 Å². The molecule has 3 heterocycles. The van der Waals surface area contributed by atoms with Crippen LogP contribution in [0.4, 0.5) is 5.69 Å². The number of benzene rings is 2. The molecule has 33 heavy (non-hydrogen) atoms. The summed E-state index contributed by atoms with van der Waals surface area (Å²) < 4.78 is 11.0. The number of anilines is 1. The first kappa shape index (κ1) is 21.5. The molecule has 8 nitrogen and oxygen atoms in total. The van der Waals surface area contributed by atoms with Crippen molar-refractivity contribution in [3.63, 3.8) is 0 Å². The molecule has 3 aliphatic rings. The van der Waals surface area contributed by atoms with Crippen molar-refractivity contribution < 1.29 is 14.3 Å². The van der Waals surface area contributed by atoms with E-state index in [1.54, 1.807) is 19.1 Å². The lowest BCUT2D eigenvalue weighted by molar-refractivity contribution is 0.0526. The van der Waals surface area contributed by atoms with Crippen molar-refractivity contribution in [2.45, 2.75) is 25.9 Å². The third-order valence-corrected chi connectivity index (χ3v) is 6.15. The second-order valence-electron chi connectivity index (χ2n) is 8.22. The van der Waals surface area contributed by atoms with Gasteiger partial charge in [-0.05, 0) is 43.2 Å². The SMILES string of the molecule is CCOC(=O)c1ccc(-c2ccc3c(c2)NC2C(OCC)=NC(N4CCNCC4)=NC32)cc1. The fourth-order valence-electron chi connectivity index (χ4n) is 4.51. The zero-order valence-electron chi connectivity index (χ0n) is 19.0. The van der Waals surface area contributed by atoms with Crippen LogP contribution in [0.15, 0.2) is 52.4 Å². The van der Waals surface area contributed by atoms with Gasteiger partial charge in [0.15, 0.2) is 0 Å². The fourth-order valence-corrected chi connectivity index (χ4v) is 4.51. The summed E-state index contributed by atoms with van der Waals surface area (Å²) in [6, 6.07) is 13.7. The van der Waals surface area contributed by atoms with E-state index >= 15 is 0 Å². The van der Waals surface area contributed by atoms with Crippen LogP contribution in [0.2, 0.25) is 0 Å². The average molecular weight is 448 g/mol. The highest BCUT2D eigenvalue weighted by atomic mass is 16.5. The molecule has 1 saturated heterocycles. The Morgan fingerprint density at radius 2 is 1.82 bits per heavy atom. The third-order valence-electron chi connectivity index (χ3n) is 6.15. The van der Waals surface area contributed by atoms with Gasteiger partial charge in [-0.3, -0.25) is 0 Å². The van der Waals surface area contributed by atoms with Crippen molar-refractivity contribution in [1.29, 1.82) is 0 Å². The van der Waals surface area contributed by atoms with Gasteiger partial charge >= 0.3 is 5.97 Å². The van der Waals surface area contributed by atoms with Gasteiger partial charge in [0, 0.05) is 37.4 Å². The lowest BCUT2D eigenvalue weighted by Crippen LogP contribution is -2.48. The maximum Gasteiger partial charge on any atom is 0.338 e. The number of rotatable bonds is 4. The van der Waals surface area contributed by atoms with Crippen LogP contribution in [0.3, 0.4) is 0 Å². The lowest BCUT2D eigenvalue weighted by atomic mass is 9.98. The molecule has 2 unspecified atom stereocenters. The van der Waals surface area contributed by atoms with Gasteiger partial charge in [-0.1, -0.05) is 24.3 Å². The average Bonchev–Trinajstić information content (AvgIpc) is 3.23. The predicted octanol–water partition coefficient (Wildman–Crippen LogP) is 3.08. The number of esters is 1. The van der Waals surface area contributed by atoms with Gasteiger partial charge in [0.05, 0.1) is 18.8 Å². The molecule has 172 valence electrons. The topological polar surface area (TPSA) is 87.5 Å². The molecule has 5 rings (SSSR count). The normalized spacial score (nSPS) is 21.3. The number of carbonyl (C=O) groups excluding carboxylic acids is 1. The zero-order valence-corrected chi connectivity index (χ0v) is 19.0. The molecule has 2 N–H and O–H groups in total. The van der Waals surface area contributed by atoms with Gasteiger partial charge in [0.1, 0.15) is 12.1 Å². The van der Waals surface area contributed by atoms with Crippen LogP contribution < -0.4 is 10.6 Å². The van der Waals surface area contributed by atoms with Gasteiger partial charge in [0.25, 0.3) is 0 Å². The summed E-state index contributed by atoms with van der Waals surface area (Å²) in [5.41, 5.74) is 4.84. The summed E-state index contributed by atoms with van der Waals surface area (Å²) in [6.45, 7) is 8.35. The molecule has 0 aromatic heterocycles. The number of hydrogen-bond donors (Lipinski definition) is 2. The number of carbonyl (C=O) groups is 1. The molecule has 0 aliphatic carbocycles. The van der Waals surface area contributed by atoms with Crippen LogP contribution in [0.25, 0.3) is 11.1 Å². The van der Waals surface area contributed by atoms with E-state index in [1.165, 1.54) is 0 Å². The van der Waals surface area contributed by atoms with Gasteiger partial charge in [0.2, 0.25) is 11.9 Å². The highest BCUT2D eigenvalue weighted by molar-refractivity contribution is 6.01. The van der Waals surface area contributed by atoms with Crippen LogP contribution >= 0.6 is 0 Å². The molecule has 3 aliphatic heterocycles. The maximum absolute atomic E-state index is 11.9. The Morgan fingerprint density at radius 3 is 2.55 bits per heavy atom. The molecule has 0 radical (unpaired) electrons. The molecule has 8 heteroatoms. The molecule has 0 spiro atoms. The smallest absolute Gasteiger partial charge is 0.338 e. The van der Waals surface area contributed by atoms with Crippen molar-refractivity contribution in [2.75, 3.05) is 44.7 Å². The number of guanidine groups is 1. The minimum atomic E-state index is -0.301. The first-order valence-electron chi connectivity index (χ1n) is 11.6. The van der Waals surface area contributed by atoms with E-state index in [1.807, 2.05) is 19.1 Å². The van der Waals surface area contributed by atoms with Crippen molar-refractivity contribution in [1.82, 2.24) is 10.2 Å². The highest BCUT2D eigenvalue weighted by Gasteiger charge is 2.40. The Kier molecular flexibility index (Phi) is 6.00. The summed E-state index contributed by atoms with van der Waals surface area (Å²) in [5, 5.41) is 6.96. The van der Waals surface area contributed by atoms with E-state index in [0.717, 1.165) is 54.5 Å². The second kappa shape index (κ2) is 9.23. The highest BCUT2D eigenvalue weighted by Crippen LogP contribution is 2.41. The Labute approximate surface area is 193 Å². The number of aliphatic imine (C=N–C) groups is 2. The lowest BCUT2D eigenvalue weighted by Gasteiger charge is -2.32. The minimum absolute atomic E-state index is 0.0656. The fraction of sp³-hybridized carbons (Fsp3) is 0.400. The Balaban J connectivity index is 1.42. The Bertz CT molecular complexity index is 1090. The van der Waals surface area contributed by atoms with Crippen molar-refractivity contribution in [3.8, 4) is 11.1 Å².